The fraction of sp³-hybridized carbons (Fsp3) is 0.0526. The summed E-state index contributed by atoms with van der Waals surface area (Å²) in [4.78, 5) is 13.3. The number of para-hydroxylation sites is 1. The highest BCUT2D eigenvalue weighted by molar-refractivity contribution is 7.18. The van der Waals surface area contributed by atoms with Crippen molar-refractivity contribution in [3.05, 3.63) is 82.2 Å². The Hall–Kier alpha value is -2.90. The molecule has 3 aromatic rings. The van der Waals surface area contributed by atoms with E-state index in [0.717, 1.165) is 11.3 Å². The van der Waals surface area contributed by atoms with Gasteiger partial charge in [-0.2, -0.15) is 5.26 Å². The third-order valence-electron chi connectivity index (χ3n) is 3.53. The second-order valence-electron chi connectivity index (χ2n) is 5.06. The van der Waals surface area contributed by atoms with Crippen LogP contribution in [0.2, 0.25) is 0 Å². The highest BCUT2D eigenvalue weighted by Gasteiger charge is 2.21. The van der Waals surface area contributed by atoms with Gasteiger partial charge in [-0.15, -0.1) is 11.3 Å². The van der Waals surface area contributed by atoms with Gasteiger partial charge in [0.15, 0.2) is 0 Å². The average molecular weight is 318 g/mol. The highest BCUT2D eigenvalue weighted by atomic mass is 32.1. The minimum Gasteiger partial charge on any atom is -0.346 e. The molecule has 23 heavy (non-hydrogen) atoms. The summed E-state index contributed by atoms with van der Waals surface area (Å²) in [6, 6.07) is 21.0. The maximum absolute atomic E-state index is 12.7. The Balaban J connectivity index is 2.00. The smallest absolute Gasteiger partial charge is 0.203 e. The predicted molar refractivity (Wildman–Crippen MR) is 93.4 cm³/mol. The molecular formula is C19H14N2OS. The van der Waals surface area contributed by atoms with E-state index in [4.69, 9.17) is 0 Å². The number of benzene rings is 2. The van der Waals surface area contributed by atoms with Crippen molar-refractivity contribution in [2.45, 2.75) is 6.92 Å². The summed E-state index contributed by atoms with van der Waals surface area (Å²) in [6.45, 7) is 1.82. The molecule has 112 valence electrons. The molecule has 0 spiro atoms. The maximum atomic E-state index is 12.7. The van der Waals surface area contributed by atoms with Gasteiger partial charge in [0, 0.05) is 11.3 Å². The van der Waals surface area contributed by atoms with Crippen LogP contribution in [0.4, 0.5) is 10.7 Å². The van der Waals surface area contributed by atoms with Crippen LogP contribution in [0.1, 0.15) is 26.4 Å². The average Bonchev–Trinajstić information content (AvgIpc) is 2.91. The van der Waals surface area contributed by atoms with Crippen LogP contribution in [-0.2, 0) is 0 Å². The molecule has 3 rings (SSSR count). The molecule has 0 amide bonds. The SMILES string of the molecule is Cc1c(C(=O)c2ccccc2)sc(Nc2ccccc2)c1C#N. The van der Waals surface area contributed by atoms with Crippen LogP contribution in [0.3, 0.4) is 0 Å². The van der Waals surface area contributed by atoms with Gasteiger partial charge in [0.1, 0.15) is 11.1 Å². The van der Waals surface area contributed by atoms with E-state index in [2.05, 4.69) is 11.4 Å². The number of nitrogens with zero attached hydrogens (tertiary/aromatic N) is 1. The van der Waals surface area contributed by atoms with Gasteiger partial charge in [0.05, 0.1) is 10.4 Å². The Kier molecular flexibility index (Phi) is 4.22. The zero-order chi connectivity index (χ0) is 16.2. The van der Waals surface area contributed by atoms with E-state index in [-0.39, 0.29) is 5.78 Å². The molecule has 0 unspecified atom stereocenters. The van der Waals surface area contributed by atoms with Crippen LogP contribution in [-0.4, -0.2) is 5.78 Å². The molecule has 0 aliphatic rings. The van der Waals surface area contributed by atoms with Crippen molar-refractivity contribution in [1.29, 1.82) is 5.26 Å². The minimum absolute atomic E-state index is 0.0503. The molecule has 3 nitrogen and oxygen atoms in total. The van der Waals surface area contributed by atoms with Crippen molar-refractivity contribution in [2.75, 3.05) is 5.32 Å². The number of nitrogens with one attached hydrogen (secondary N) is 1. The van der Waals surface area contributed by atoms with E-state index in [1.807, 2.05) is 55.5 Å². The van der Waals surface area contributed by atoms with E-state index in [1.54, 1.807) is 12.1 Å². The molecule has 0 atom stereocenters. The van der Waals surface area contributed by atoms with Crippen LogP contribution in [0.5, 0.6) is 0 Å². The molecular weight excluding hydrogens is 304 g/mol. The molecule has 4 heteroatoms. The summed E-state index contributed by atoms with van der Waals surface area (Å²) in [5.74, 6) is -0.0503. The van der Waals surface area contributed by atoms with Crippen LogP contribution < -0.4 is 5.32 Å². The quantitative estimate of drug-likeness (QED) is 0.696. The summed E-state index contributed by atoms with van der Waals surface area (Å²) < 4.78 is 0. The lowest BCUT2D eigenvalue weighted by Gasteiger charge is -2.03. The van der Waals surface area contributed by atoms with E-state index >= 15 is 0 Å². The second kappa shape index (κ2) is 6.47. The standard InChI is InChI=1S/C19H14N2OS/c1-13-16(12-20)19(21-15-10-6-3-7-11-15)23-18(13)17(22)14-8-4-2-5-9-14/h2-11,21H,1H3. The van der Waals surface area contributed by atoms with Crippen LogP contribution >= 0.6 is 11.3 Å². The number of ketones is 1. The first kappa shape index (κ1) is 15.0. The van der Waals surface area contributed by atoms with E-state index in [1.165, 1.54) is 11.3 Å². The van der Waals surface area contributed by atoms with Gasteiger partial charge in [-0.3, -0.25) is 4.79 Å². The molecule has 1 heterocycles. The monoisotopic (exact) mass is 318 g/mol. The van der Waals surface area contributed by atoms with Crippen molar-refractivity contribution in [1.82, 2.24) is 0 Å². The first-order chi connectivity index (χ1) is 11.2. The lowest BCUT2D eigenvalue weighted by molar-refractivity contribution is 0.104. The molecule has 1 N–H and O–H groups in total. The molecule has 0 fully saturated rings. The summed E-state index contributed by atoms with van der Waals surface area (Å²) in [5.41, 5.74) is 2.78. The Bertz CT molecular complexity index is 877. The molecule has 0 saturated heterocycles. The third-order valence-corrected chi connectivity index (χ3v) is 4.74. The van der Waals surface area contributed by atoms with Gasteiger partial charge in [0.25, 0.3) is 0 Å². The molecule has 0 aliphatic carbocycles. The van der Waals surface area contributed by atoms with Crippen molar-refractivity contribution in [2.24, 2.45) is 0 Å². The number of carbonyl (C=O) groups is 1. The molecule has 1 aromatic heterocycles. The van der Waals surface area contributed by atoms with Crippen LogP contribution in [0, 0.1) is 18.3 Å². The fourth-order valence-electron chi connectivity index (χ4n) is 2.33. The van der Waals surface area contributed by atoms with Crippen molar-refractivity contribution < 1.29 is 4.79 Å². The zero-order valence-corrected chi connectivity index (χ0v) is 13.4. The molecule has 2 aromatic carbocycles. The van der Waals surface area contributed by atoms with Crippen molar-refractivity contribution in [3.63, 3.8) is 0 Å². The van der Waals surface area contributed by atoms with Crippen LogP contribution in [0.25, 0.3) is 0 Å². The van der Waals surface area contributed by atoms with Crippen molar-refractivity contribution >= 4 is 27.8 Å². The third kappa shape index (κ3) is 3.01. The lowest BCUT2D eigenvalue weighted by Crippen LogP contribution is -2.00. The number of thiophene rings is 1. The largest absolute Gasteiger partial charge is 0.346 e. The van der Waals surface area contributed by atoms with Crippen LogP contribution in [0.15, 0.2) is 60.7 Å². The number of rotatable bonds is 4. The number of hydrogen-bond donors (Lipinski definition) is 1. The first-order valence-corrected chi connectivity index (χ1v) is 7.97. The highest BCUT2D eigenvalue weighted by Crippen LogP contribution is 2.35. The van der Waals surface area contributed by atoms with Gasteiger partial charge in [-0.05, 0) is 24.6 Å². The van der Waals surface area contributed by atoms with E-state index in [0.29, 0.717) is 21.0 Å². The number of carbonyl (C=O) groups excluding carboxylic acids is 1. The number of nitriles is 1. The summed E-state index contributed by atoms with van der Waals surface area (Å²) >= 11 is 1.33. The van der Waals surface area contributed by atoms with Gasteiger partial charge in [-0.25, -0.2) is 0 Å². The summed E-state index contributed by atoms with van der Waals surface area (Å²) in [5, 5.41) is 13.4. The van der Waals surface area contributed by atoms with Gasteiger partial charge >= 0.3 is 0 Å². The fourth-order valence-corrected chi connectivity index (χ4v) is 3.47. The number of anilines is 2. The summed E-state index contributed by atoms with van der Waals surface area (Å²) in [7, 11) is 0. The van der Waals surface area contributed by atoms with E-state index < -0.39 is 0 Å². The number of hydrogen-bond acceptors (Lipinski definition) is 4. The van der Waals surface area contributed by atoms with Gasteiger partial charge < -0.3 is 5.32 Å². The second-order valence-corrected chi connectivity index (χ2v) is 6.08. The summed E-state index contributed by atoms with van der Waals surface area (Å²) in [6.07, 6.45) is 0. The van der Waals surface area contributed by atoms with Gasteiger partial charge in [-0.1, -0.05) is 48.5 Å². The molecule has 0 radical (unpaired) electrons. The van der Waals surface area contributed by atoms with Gasteiger partial charge in [0.2, 0.25) is 5.78 Å². The van der Waals surface area contributed by atoms with E-state index in [9.17, 15) is 10.1 Å². The first-order valence-electron chi connectivity index (χ1n) is 7.16. The lowest BCUT2D eigenvalue weighted by atomic mass is 10.1. The predicted octanol–water partition coefficient (Wildman–Crippen LogP) is 4.90. The molecule has 0 bridgehead atoms. The maximum Gasteiger partial charge on any atom is 0.203 e. The zero-order valence-electron chi connectivity index (χ0n) is 12.5. The normalized spacial score (nSPS) is 10.1. The molecule has 0 aliphatic heterocycles. The Labute approximate surface area is 138 Å². The Morgan fingerprint density at radius 2 is 1.65 bits per heavy atom. The topological polar surface area (TPSA) is 52.9 Å². The Morgan fingerprint density at radius 1 is 1.04 bits per heavy atom. The molecule has 0 saturated carbocycles. The van der Waals surface area contributed by atoms with Crippen molar-refractivity contribution in [3.8, 4) is 6.07 Å². The Morgan fingerprint density at radius 3 is 2.26 bits per heavy atom. The minimum atomic E-state index is -0.0503.